The summed E-state index contributed by atoms with van der Waals surface area (Å²) in [6, 6.07) is 12.6. The molecule has 1 saturated heterocycles. The van der Waals surface area contributed by atoms with Crippen LogP contribution >= 0.6 is 0 Å². The average molecular weight is 413 g/mol. The first-order chi connectivity index (χ1) is 14.0. The Morgan fingerprint density at radius 2 is 1.86 bits per heavy atom. The molecule has 0 spiro atoms. The van der Waals surface area contributed by atoms with Crippen LogP contribution in [0.4, 0.5) is 0 Å². The van der Waals surface area contributed by atoms with Gasteiger partial charge in [0.25, 0.3) is 0 Å². The number of hydrogen-bond donors (Lipinski definition) is 0. The van der Waals surface area contributed by atoms with Crippen molar-refractivity contribution in [2.75, 3.05) is 20.8 Å². The monoisotopic (exact) mass is 412 g/mol. The van der Waals surface area contributed by atoms with Crippen molar-refractivity contribution >= 4 is 20.9 Å². The van der Waals surface area contributed by atoms with Crippen molar-refractivity contribution in [3.05, 3.63) is 59.8 Å². The van der Waals surface area contributed by atoms with Crippen LogP contribution < -0.4 is 9.47 Å². The number of aromatic nitrogens is 1. The quantitative estimate of drug-likeness (QED) is 0.631. The minimum atomic E-state index is -3.71. The van der Waals surface area contributed by atoms with Crippen LogP contribution in [0.25, 0.3) is 10.9 Å². The molecule has 29 heavy (non-hydrogen) atoms. The van der Waals surface area contributed by atoms with Gasteiger partial charge in [-0.3, -0.25) is 4.98 Å². The molecular weight excluding hydrogens is 388 g/mol. The van der Waals surface area contributed by atoms with Gasteiger partial charge in [0.1, 0.15) is 4.90 Å². The van der Waals surface area contributed by atoms with Gasteiger partial charge < -0.3 is 9.47 Å². The lowest BCUT2D eigenvalue weighted by Crippen LogP contribution is -2.31. The standard InChI is InChI=1S/C22H24N2O4S/c1-15-12-17-6-4-8-21(22(17)23-14-15)29(25,26)24-11-5-7-18(24)16-9-10-19(27-2)20(13-16)28-3/h4,6,8-10,12-14,18H,5,7,11H2,1-3H3. The Morgan fingerprint density at radius 3 is 2.62 bits per heavy atom. The number of benzene rings is 2. The van der Waals surface area contributed by atoms with Gasteiger partial charge in [0, 0.05) is 18.1 Å². The second-order valence-corrected chi connectivity index (χ2v) is 9.09. The number of hydrogen-bond acceptors (Lipinski definition) is 5. The van der Waals surface area contributed by atoms with Crippen molar-refractivity contribution in [2.45, 2.75) is 30.7 Å². The summed E-state index contributed by atoms with van der Waals surface area (Å²) in [7, 11) is -0.552. The maximum atomic E-state index is 13.6. The molecule has 2 aromatic carbocycles. The van der Waals surface area contributed by atoms with E-state index in [1.807, 2.05) is 37.3 Å². The van der Waals surface area contributed by atoms with E-state index in [9.17, 15) is 8.42 Å². The van der Waals surface area contributed by atoms with Crippen molar-refractivity contribution in [3.63, 3.8) is 0 Å². The lowest BCUT2D eigenvalue weighted by atomic mass is 10.0. The molecule has 4 rings (SSSR count). The van der Waals surface area contributed by atoms with Crippen LogP contribution in [-0.4, -0.2) is 38.5 Å². The molecule has 0 bridgehead atoms. The third kappa shape index (κ3) is 3.45. The highest BCUT2D eigenvalue weighted by atomic mass is 32.2. The molecule has 0 aliphatic carbocycles. The molecule has 7 heteroatoms. The second kappa shape index (κ2) is 7.65. The van der Waals surface area contributed by atoms with Crippen LogP contribution in [0.3, 0.4) is 0 Å². The van der Waals surface area contributed by atoms with Gasteiger partial charge in [0.15, 0.2) is 11.5 Å². The molecule has 1 atom stereocenters. The first-order valence-electron chi connectivity index (χ1n) is 9.55. The van der Waals surface area contributed by atoms with Gasteiger partial charge in [-0.05, 0) is 55.2 Å². The van der Waals surface area contributed by atoms with Crippen LogP contribution in [0, 0.1) is 6.92 Å². The molecule has 1 aliphatic rings. The first-order valence-corrected chi connectivity index (χ1v) is 11.0. The van der Waals surface area contributed by atoms with Gasteiger partial charge in [0.2, 0.25) is 10.0 Å². The van der Waals surface area contributed by atoms with E-state index in [0.717, 1.165) is 29.4 Å². The van der Waals surface area contributed by atoms with Crippen molar-refractivity contribution < 1.29 is 17.9 Å². The van der Waals surface area contributed by atoms with Gasteiger partial charge >= 0.3 is 0 Å². The van der Waals surface area contributed by atoms with Crippen molar-refractivity contribution in [1.82, 2.24) is 9.29 Å². The van der Waals surface area contributed by atoms with Crippen molar-refractivity contribution in [2.24, 2.45) is 0 Å². The summed E-state index contributed by atoms with van der Waals surface area (Å²) in [5.74, 6) is 1.22. The molecule has 1 fully saturated rings. The summed E-state index contributed by atoms with van der Waals surface area (Å²) < 4.78 is 39.6. The summed E-state index contributed by atoms with van der Waals surface area (Å²) in [4.78, 5) is 4.68. The Morgan fingerprint density at radius 1 is 1.07 bits per heavy atom. The fourth-order valence-corrected chi connectivity index (χ4v) is 5.85. The molecule has 6 nitrogen and oxygen atoms in total. The van der Waals surface area contributed by atoms with E-state index in [-0.39, 0.29) is 10.9 Å². The summed E-state index contributed by atoms with van der Waals surface area (Å²) in [6.07, 6.45) is 3.26. The highest BCUT2D eigenvalue weighted by molar-refractivity contribution is 7.89. The molecule has 0 radical (unpaired) electrons. The number of fused-ring (bicyclic) bond motifs is 1. The first kappa shape index (κ1) is 19.7. The third-order valence-corrected chi connectivity index (χ3v) is 7.33. The maximum absolute atomic E-state index is 13.6. The van der Waals surface area contributed by atoms with E-state index in [2.05, 4.69) is 4.98 Å². The maximum Gasteiger partial charge on any atom is 0.245 e. The van der Waals surface area contributed by atoms with E-state index < -0.39 is 10.0 Å². The molecule has 1 aliphatic heterocycles. The zero-order valence-electron chi connectivity index (χ0n) is 16.8. The number of sulfonamides is 1. The Balaban J connectivity index is 1.78. The summed E-state index contributed by atoms with van der Waals surface area (Å²) in [5, 5.41) is 0.827. The number of ether oxygens (including phenoxy) is 2. The fraction of sp³-hybridized carbons (Fsp3) is 0.318. The number of methoxy groups -OCH3 is 2. The number of nitrogens with zero attached hydrogens (tertiary/aromatic N) is 2. The lowest BCUT2D eigenvalue weighted by Gasteiger charge is -2.25. The minimum absolute atomic E-state index is 0.250. The Bertz CT molecular complexity index is 1160. The molecule has 0 amide bonds. The topological polar surface area (TPSA) is 68.7 Å². The zero-order valence-corrected chi connectivity index (χ0v) is 17.6. The molecule has 3 aromatic rings. The molecule has 0 saturated carbocycles. The molecule has 152 valence electrons. The predicted molar refractivity (Wildman–Crippen MR) is 112 cm³/mol. The van der Waals surface area contributed by atoms with E-state index >= 15 is 0 Å². The Hall–Kier alpha value is -2.64. The van der Waals surface area contributed by atoms with Crippen LogP contribution in [0.1, 0.15) is 30.0 Å². The van der Waals surface area contributed by atoms with Crippen LogP contribution in [-0.2, 0) is 10.0 Å². The van der Waals surface area contributed by atoms with Crippen LogP contribution in [0.15, 0.2) is 53.6 Å². The highest BCUT2D eigenvalue weighted by Crippen LogP contribution is 2.40. The van der Waals surface area contributed by atoms with Crippen LogP contribution in [0.2, 0.25) is 0 Å². The van der Waals surface area contributed by atoms with Crippen LogP contribution in [0.5, 0.6) is 11.5 Å². The fourth-order valence-electron chi connectivity index (χ4n) is 4.00. The number of rotatable bonds is 5. The van der Waals surface area contributed by atoms with E-state index in [0.29, 0.717) is 23.6 Å². The largest absolute Gasteiger partial charge is 0.493 e. The summed E-state index contributed by atoms with van der Waals surface area (Å²) >= 11 is 0. The summed E-state index contributed by atoms with van der Waals surface area (Å²) in [5.41, 5.74) is 2.40. The van der Waals surface area contributed by atoms with E-state index in [1.54, 1.807) is 36.9 Å². The molecular formula is C22H24N2O4S. The van der Waals surface area contributed by atoms with Crippen molar-refractivity contribution in [3.8, 4) is 11.5 Å². The SMILES string of the molecule is COc1ccc(C2CCCN2S(=O)(=O)c2cccc3cc(C)cnc23)cc1OC. The zero-order chi connectivity index (χ0) is 20.6. The lowest BCUT2D eigenvalue weighted by molar-refractivity contribution is 0.351. The normalized spacial score (nSPS) is 17.6. The number of pyridine rings is 1. The van der Waals surface area contributed by atoms with Crippen molar-refractivity contribution in [1.29, 1.82) is 0 Å². The smallest absolute Gasteiger partial charge is 0.245 e. The minimum Gasteiger partial charge on any atom is -0.493 e. The highest BCUT2D eigenvalue weighted by Gasteiger charge is 2.37. The van der Waals surface area contributed by atoms with Gasteiger partial charge in [-0.15, -0.1) is 0 Å². The van der Waals surface area contributed by atoms with Gasteiger partial charge in [-0.25, -0.2) is 8.42 Å². The van der Waals surface area contributed by atoms with Gasteiger partial charge in [-0.2, -0.15) is 4.31 Å². The molecule has 1 aromatic heterocycles. The van der Waals surface area contributed by atoms with E-state index in [4.69, 9.17) is 9.47 Å². The number of para-hydroxylation sites is 1. The summed E-state index contributed by atoms with van der Waals surface area (Å²) in [6.45, 7) is 2.42. The predicted octanol–water partition coefficient (Wildman–Crippen LogP) is 4.09. The third-order valence-electron chi connectivity index (χ3n) is 5.39. The molecule has 2 heterocycles. The number of aryl methyl sites for hydroxylation is 1. The van der Waals surface area contributed by atoms with Gasteiger partial charge in [-0.1, -0.05) is 18.2 Å². The van der Waals surface area contributed by atoms with Gasteiger partial charge in [0.05, 0.1) is 25.8 Å². The molecule has 0 N–H and O–H groups in total. The Kier molecular flexibility index (Phi) is 5.19. The Labute approximate surface area is 171 Å². The van der Waals surface area contributed by atoms with E-state index in [1.165, 1.54) is 0 Å². The second-order valence-electron chi connectivity index (χ2n) is 7.23. The molecule has 1 unspecified atom stereocenters. The average Bonchev–Trinajstić information content (AvgIpc) is 3.23.